The van der Waals surface area contributed by atoms with Crippen LogP contribution >= 0.6 is 0 Å². The molecule has 0 aromatic heterocycles. The monoisotopic (exact) mass is 414 g/mol. The quantitative estimate of drug-likeness (QED) is 0.468. The topological polar surface area (TPSA) is 83.6 Å². The van der Waals surface area contributed by atoms with Gasteiger partial charge in [0.05, 0.1) is 17.5 Å². The van der Waals surface area contributed by atoms with Gasteiger partial charge in [0.1, 0.15) is 0 Å². The summed E-state index contributed by atoms with van der Waals surface area (Å²) in [5.41, 5.74) is 3.15. The average molecular weight is 414 g/mol. The molecule has 2 bridgehead atoms. The Kier molecular flexibility index (Phi) is 4.39. The maximum Gasteiger partial charge on any atom is 0.255 e. The highest BCUT2D eigenvalue weighted by Crippen LogP contribution is 2.55. The molecule has 0 spiro atoms. The first kappa shape index (κ1) is 19.4. The lowest BCUT2D eigenvalue weighted by atomic mass is 9.82. The second-order valence-electron chi connectivity index (χ2n) is 8.62. The fourth-order valence-corrected chi connectivity index (χ4v) is 5.31. The highest BCUT2D eigenvalue weighted by Gasteiger charge is 2.60. The van der Waals surface area contributed by atoms with Gasteiger partial charge < -0.3 is 5.32 Å². The third kappa shape index (κ3) is 3.02. The zero-order chi connectivity index (χ0) is 21.9. The minimum absolute atomic E-state index is 0.0796. The average Bonchev–Trinajstić information content (AvgIpc) is 3.38. The van der Waals surface area contributed by atoms with Crippen molar-refractivity contribution in [3.8, 4) is 0 Å². The number of allylic oxidation sites excluding steroid dienone is 2. The number of carbonyl (C=O) groups is 4. The van der Waals surface area contributed by atoms with Crippen LogP contribution in [0.3, 0.4) is 0 Å². The van der Waals surface area contributed by atoms with Crippen LogP contribution in [-0.2, 0) is 9.59 Å². The Morgan fingerprint density at radius 1 is 0.968 bits per heavy atom. The molecular weight excluding hydrogens is 392 g/mol. The number of ketones is 1. The zero-order valence-electron chi connectivity index (χ0n) is 17.3. The normalized spacial score (nSPS) is 26.1. The molecule has 6 heteroatoms. The van der Waals surface area contributed by atoms with Gasteiger partial charge in [-0.05, 0) is 68.5 Å². The van der Waals surface area contributed by atoms with Crippen molar-refractivity contribution < 1.29 is 19.2 Å². The van der Waals surface area contributed by atoms with Crippen LogP contribution in [0.25, 0.3) is 0 Å². The predicted molar refractivity (Wildman–Crippen MR) is 116 cm³/mol. The molecule has 5 rings (SSSR count). The number of rotatable bonds is 4. The fourth-order valence-electron chi connectivity index (χ4n) is 5.31. The van der Waals surface area contributed by atoms with Gasteiger partial charge in [0.25, 0.3) is 5.91 Å². The Morgan fingerprint density at radius 3 is 2.39 bits per heavy atom. The van der Waals surface area contributed by atoms with Crippen molar-refractivity contribution in [2.45, 2.75) is 20.3 Å². The molecule has 1 aliphatic heterocycles. The van der Waals surface area contributed by atoms with E-state index in [1.165, 1.54) is 17.4 Å². The molecule has 1 saturated carbocycles. The fraction of sp³-hybridized carbons (Fsp3) is 0.280. The molecule has 2 aromatic rings. The third-order valence-electron chi connectivity index (χ3n) is 6.80. The van der Waals surface area contributed by atoms with E-state index in [9.17, 15) is 19.2 Å². The first-order valence-electron chi connectivity index (χ1n) is 10.4. The summed E-state index contributed by atoms with van der Waals surface area (Å²) in [4.78, 5) is 51.5. The van der Waals surface area contributed by atoms with Gasteiger partial charge in [-0.25, -0.2) is 0 Å². The van der Waals surface area contributed by atoms with E-state index in [4.69, 9.17) is 0 Å². The summed E-state index contributed by atoms with van der Waals surface area (Å²) in [5, 5.41) is 2.77. The van der Waals surface area contributed by atoms with Crippen LogP contribution in [0.4, 0.5) is 11.4 Å². The van der Waals surface area contributed by atoms with Crippen molar-refractivity contribution in [2.24, 2.45) is 23.7 Å². The van der Waals surface area contributed by atoms with Gasteiger partial charge >= 0.3 is 0 Å². The molecular formula is C25H22N2O4. The van der Waals surface area contributed by atoms with Gasteiger partial charge in [0, 0.05) is 16.8 Å². The summed E-state index contributed by atoms with van der Waals surface area (Å²) in [7, 11) is 0. The molecule has 4 atom stereocenters. The summed E-state index contributed by atoms with van der Waals surface area (Å²) in [6.07, 6.45) is 3.05. The second kappa shape index (κ2) is 7.01. The molecule has 0 radical (unpaired) electrons. The molecule has 31 heavy (non-hydrogen) atoms. The summed E-state index contributed by atoms with van der Waals surface area (Å²) < 4.78 is 0. The van der Waals surface area contributed by atoms with Gasteiger partial charge in [0.2, 0.25) is 11.8 Å². The summed E-state index contributed by atoms with van der Waals surface area (Å²) in [6.45, 7) is 3.51. The van der Waals surface area contributed by atoms with Gasteiger partial charge in [-0.15, -0.1) is 0 Å². The number of anilines is 2. The van der Waals surface area contributed by atoms with Gasteiger partial charge in [-0.1, -0.05) is 23.8 Å². The van der Waals surface area contributed by atoms with Crippen LogP contribution in [0.1, 0.15) is 41.0 Å². The van der Waals surface area contributed by atoms with E-state index in [-0.39, 0.29) is 47.2 Å². The number of fused-ring (bicyclic) bond motifs is 5. The van der Waals surface area contributed by atoms with Gasteiger partial charge in [0.15, 0.2) is 5.78 Å². The highest BCUT2D eigenvalue weighted by molar-refractivity contribution is 6.23. The van der Waals surface area contributed by atoms with E-state index in [1.807, 2.05) is 6.92 Å². The summed E-state index contributed by atoms with van der Waals surface area (Å²) in [6, 6.07) is 13.2. The largest absolute Gasteiger partial charge is 0.322 e. The maximum atomic E-state index is 13.1. The molecule has 2 aromatic carbocycles. The van der Waals surface area contributed by atoms with Crippen molar-refractivity contribution in [3.63, 3.8) is 0 Å². The van der Waals surface area contributed by atoms with Crippen LogP contribution < -0.4 is 10.2 Å². The summed E-state index contributed by atoms with van der Waals surface area (Å²) >= 11 is 0. The number of hydrogen-bond acceptors (Lipinski definition) is 4. The van der Waals surface area contributed by atoms with Gasteiger partial charge in [-0.2, -0.15) is 0 Å². The van der Waals surface area contributed by atoms with Crippen LogP contribution in [0.2, 0.25) is 0 Å². The van der Waals surface area contributed by atoms with E-state index < -0.39 is 0 Å². The van der Waals surface area contributed by atoms with Crippen LogP contribution in [0, 0.1) is 23.7 Å². The number of carbonyl (C=O) groups excluding carboxylic acids is 4. The molecule has 156 valence electrons. The Balaban J connectivity index is 1.33. The van der Waals surface area contributed by atoms with Crippen molar-refractivity contribution in [3.05, 3.63) is 71.3 Å². The molecule has 0 unspecified atom stereocenters. The van der Waals surface area contributed by atoms with Crippen LogP contribution in [0.5, 0.6) is 0 Å². The lowest BCUT2D eigenvalue weighted by Crippen LogP contribution is -2.33. The highest BCUT2D eigenvalue weighted by atomic mass is 16.2. The Hall–Kier alpha value is -3.54. The molecule has 6 nitrogen and oxygen atoms in total. The summed E-state index contributed by atoms with van der Waals surface area (Å²) in [5.74, 6) is -0.848. The van der Waals surface area contributed by atoms with E-state index >= 15 is 0 Å². The minimum Gasteiger partial charge on any atom is -0.322 e. The molecule has 3 aliphatic rings. The standard InChI is InChI=1S/C25H22N2O4/c1-13-10-17-12-20(13)22-21(17)24(30)27(25(22)31)19-8-6-15(7-9-19)23(29)26-18-5-3-4-16(11-18)14(2)28/h3-11,17,20-22H,12H2,1-2H3,(H,26,29)/t17-,20-,21+,22+/m0/s1. The number of Topliss-reactive ketones (excluding diaryl/α,β-unsaturated/α-hetero) is 1. The molecule has 1 N–H and O–H groups in total. The zero-order valence-corrected chi connectivity index (χ0v) is 17.3. The lowest BCUT2D eigenvalue weighted by molar-refractivity contribution is -0.123. The number of benzene rings is 2. The van der Waals surface area contributed by atoms with Crippen LogP contribution in [-0.4, -0.2) is 23.5 Å². The molecule has 3 amide bonds. The predicted octanol–water partition coefficient (Wildman–Crippen LogP) is 3.84. The molecule has 2 aliphatic carbocycles. The van der Waals surface area contributed by atoms with E-state index in [0.717, 1.165) is 6.42 Å². The molecule has 1 heterocycles. The number of imide groups is 1. The molecule has 1 saturated heterocycles. The third-order valence-corrected chi connectivity index (χ3v) is 6.80. The second-order valence-corrected chi connectivity index (χ2v) is 8.62. The molecule has 2 fully saturated rings. The maximum absolute atomic E-state index is 13.1. The van der Waals surface area contributed by atoms with E-state index in [0.29, 0.717) is 22.5 Å². The first-order valence-corrected chi connectivity index (χ1v) is 10.4. The Labute approximate surface area is 179 Å². The van der Waals surface area contributed by atoms with Crippen molar-refractivity contribution in [1.82, 2.24) is 0 Å². The number of nitrogens with zero attached hydrogens (tertiary/aromatic N) is 1. The van der Waals surface area contributed by atoms with Crippen molar-refractivity contribution in [2.75, 3.05) is 10.2 Å². The smallest absolute Gasteiger partial charge is 0.255 e. The van der Waals surface area contributed by atoms with Crippen molar-refractivity contribution >= 4 is 34.9 Å². The Morgan fingerprint density at radius 2 is 1.68 bits per heavy atom. The lowest BCUT2D eigenvalue weighted by Gasteiger charge is -2.19. The van der Waals surface area contributed by atoms with Gasteiger partial charge in [-0.3, -0.25) is 24.1 Å². The Bertz CT molecular complexity index is 1160. The van der Waals surface area contributed by atoms with E-state index in [1.54, 1.807) is 48.5 Å². The van der Waals surface area contributed by atoms with E-state index in [2.05, 4.69) is 11.4 Å². The number of nitrogens with one attached hydrogen (secondary N) is 1. The number of amides is 3. The van der Waals surface area contributed by atoms with Crippen LogP contribution in [0.15, 0.2) is 60.2 Å². The number of hydrogen-bond donors (Lipinski definition) is 1. The minimum atomic E-state index is -0.332. The first-order chi connectivity index (χ1) is 14.8. The van der Waals surface area contributed by atoms with Crippen molar-refractivity contribution in [1.29, 1.82) is 0 Å². The SMILES string of the molecule is CC(=O)c1cccc(NC(=O)c2ccc(N3C(=O)[C@H]4[C@H](C3=O)[C@H]3C[C@@H]4C=C3C)cc2)c1.